The van der Waals surface area contributed by atoms with Crippen molar-refractivity contribution >= 4 is 5.97 Å². The number of carboxylic acids is 1. The highest BCUT2D eigenvalue weighted by Crippen LogP contribution is 2.27. The Hall–Kier alpha value is -2.23. The van der Waals surface area contributed by atoms with Crippen LogP contribution >= 0.6 is 0 Å². The van der Waals surface area contributed by atoms with Crippen LogP contribution in [-0.2, 0) is 0 Å². The van der Waals surface area contributed by atoms with Crippen molar-refractivity contribution in [3.8, 4) is 11.4 Å². The summed E-state index contributed by atoms with van der Waals surface area (Å²) >= 11 is 0. The number of rotatable bonds is 3. The van der Waals surface area contributed by atoms with Crippen molar-refractivity contribution in [1.29, 1.82) is 0 Å². The fourth-order valence-electron chi connectivity index (χ4n) is 2.04. The maximum Gasteiger partial charge on any atom is 0.335 e. The van der Waals surface area contributed by atoms with E-state index >= 15 is 0 Å². The minimum atomic E-state index is -0.958. The third-order valence-electron chi connectivity index (χ3n) is 2.94. The van der Waals surface area contributed by atoms with E-state index in [0.717, 1.165) is 17.1 Å². The Bertz CT molecular complexity index is 580. The van der Waals surface area contributed by atoms with Crippen molar-refractivity contribution < 1.29 is 14.6 Å². The van der Waals surface area contributed by atoms with E-state index in [-0.39, 0.29) is 5.56 Å². The lowest BCUT2D eigenvalue weighted by Crippen LogP contribution is -2.04. The number of ether oxygens (including phenoxy) is 1. The zero-order chi connectivity index (χ0) is 13.3. The van der Waals surface area contributed by atoms with E-state index in [9.17, 15) is 4.79 Å². The summed E-state index contributed by atoms with van der Waals surface area (Å²) in [6.45, 7) is 4.00. The van der Waals surface area contributed by atoms with Crippen LogP contribution in [0.2, 0.25) is 0 Å². The van der Waals surface area contributed by atoms with Crippen LogP contribution in [-0.4, -0.2) is 22.8 Å². The quantitative estimate of drug-likeness (QED) is 0.904. The molecule has 0 fully saturated rings. The van der Waals surface area contributed by atoms with Gasteiger partial charge in [0.25, 0.3) is 0 Å². The lowest BCUT2D eigenvalue weighted by molar-refractivity contribution is 0.0696. The minimum Gasteiger partial charge on any atom is -0.495 e. The number of benzene rings is 1. The van der Waals surface area contributed by atoms with Crippen molar-refractivity contribution in [1.82, 2.24) is 4.57 Å². The van der Waals surface area contributed by atoms with Crippen LogP contribution in [0.15, 0.2) is 30.3 Å². The second-order valence-electron chi connectivity index (χ2n) is 4.14. The van der Waals surface area contributed by atoms with Gasteiger partial charge < -0.3 is 14.4 Å². The van der Waals surface area contributed by atoms with Crippen molar-refractivity contribution in [2.24, 2.45) is 0 Å². The zero-order valence-electron chi connectivity index (χ0n) is 10.6. The van der Waals surface area contributed by atoms with Gasteiger partial charge in [-0.1, -0.05) is 0 Å². The van der Waals surface area contributed by atoms with E-state index in [1.54, 1.807) is 19.2 Å². The molecule has 0 unspecified atom stereocenters. The second-order valence-corrected chi connectivity index (χ2v) is 4.14. The molecule has 0 bridgehead atoms. The van der Waals surface area contributed by atoms with Gasteiger partial charge in [-0.25, -0.2) is 4.79 Å². The van der Waals surface area contributed by atoms with Crippen LogP contribution in [0.1, 0.15) is 21.7 Å². The Morgan fingerprint density at radius 1 is 1.17 bits per heavy atom. The van der Waals surface area contributed by atoms with E-state index in [1.807, 2.05) is 30.5 Å². The molecule has 2 rings (SSSR count). The van der Waals surface area contributed by atoms with Gasteiger partial charge in [-0.15, -0.1) is 0 Å². The van der Waals surface area contributed by atoms with Gasteiger partial charge in [0.15, 0.2) is 0 Å². The molecule has 4 nitrogen and oxygen atoms in total. The molecule has 4 heteroatoms. The summed E-state index contributed by atoms with van der Waals surface area (Å²) in [5.74, 6) is -0.405. The molecule has 18 heavy (non-hydrogen) atoms. The summed E-state index contributed by atoms with van der Waals surface area (Å²) in [6.07, 6.45) is 0. The molecule has 0 aliphatic heterocycles. The van der Waals surface area contributed by atoms with Crippen molar-refractivity contribution in [2.75, 3.05) is 7.11 Å². The molecule has 1 aromatic heterocycles. The normalized spacial score (nSPS) is 10.4. The average Bonchev–Trinajstić information content (AvgIpc) is 2.68. The number of carboxylic acid groups (broad SMARTS) is 1. The number of methoxy groups -OCH3 is 1. The SMILES string of the molecule is COc1cc(C(=O)O)ccc1-n1c(C)ccc1C. The van der Waals surface area contributed by atoms with Crippen LogP contribution in [0.4, 0.5) is 0 Å². The number of hydrogen-bond donors (Lipinski definition) is 1. The monoisotopic (exact) mass is 245 g/mol. The van der Waals surface area contributed by atoms with Gasteiger partial charge in [0, 0.05) is 11.4 Å². The number of hydrogen-bond acceptors (Lipinski definition) is 2. The molecule has 0 spiro atoms. The van der Waals surface area contributed by atoms with E-state index < -0.39 is 5.97 Å². The molecule has 0 aliphatic rings. The summed E-state index contributed by atoms with van der Waals surface area (Å²) in [5.41, 5.74) is 3.23. The first kappa shape index (κ1) is 12.2. The standard InChI is InChI=1S/C14H15NO3/c1-9-4-5-10(2)15(9)12-7-6-11(14(16)17)8-13(12)18-3/h4-8H,1-3H3,(H,16,17). The molecule has 0 radical (unpaired) electrons. The Morgan fingerprint density at radius 3 is 2.28 bits per heavy atom. The van der Waals surface area contributed by atoms with Gasteiger partial charge in [-0.2, -0.15) is 0 Å². The third kappa shape index (κ3) is 1.97. The molecule has 1 N–H and O–H groups in total. The smallest absolute Gasteiger partial charge is 0.335 e. The third-order valence-corrected chi connectivity index (χ3v) is 2.94. The predicted molar refractivity (Wildman–Crippen MR) is 68.8 cm³/mol. The van der Waals surface area contributed by atoms with Gasteiger partial charge in [0.05, 0.1) is 18.4 Å². The Morgan fingerprint density at radius 2 is 1.78 bits per heavy atom. The van der Waals surface area contributed by atoms with Crippen LogP contribution in [0.3, 0.4) is 0 Å². The van der Waals surface area contributed by atoms with Crippen LogP contribution < -0.4 is 4.74 Å². The summed E-state index contributed by atoms with van der Waals surface area (Å²) in [5, 5.41) is 8.97. The van der Waals surface area contributed by atoms with Crippen molar-refractivity contribution in [2.45, 2.75) is 13.8 Å². The van der Waals surface area contributed by atoms with Gasteiger partial charge in [0.1, 0.15) is 5.75 Å². The molecule has 1 heterocycles. The fourth-order valence-corrected chi connectivity index (χ4v) is 2.04. The zero-order valence-corrected chi connectivity index (χ0v) is 10.6. The molecule has 2 aromatic rings. The summed E-state index contributed by atoms with van der Waals surface area (Å²) in [6, 6.07) is 8.91. The maximum atomic E-state index is 10.9. The molecule has 0 saturated heterocycles. The second kappa shape index (κ2) is 4.56. The summed E-state index contributed by atoms with van der Waals surface area (Å²) in [7, 11) is 1.54. The molecule has 0 amide bonds. The fraction of sp³-hybridized carbons (Fsp3) is 0.214. The highest BCUT2D eigenvalue weighted by atomic mass is 16.5. The Labute approximate surface area is 105 Å². The van der Waals surface area contributed by atoms with Gasteiger partial charge in [-0.05, 0) is 44.2 Å². The summed E-state index contributed by atoms with van der Waals surface area (Å²) < 4.78 is 7.32. The number of aryl methyl sites for hydroxylation is 2. The summed E-state index contributed by atoms with van der Waals surface area (Å²) in [4.78, 5) is 10.9. The Balaban J connectivity index is 2.62. The average molecular weight is 245 g/mol. The highest BCUT2D eigenvalue weighted by Gasteiger charge is 2.12. The topological polar surface area (TPSA) is 51.5 Å². The maximum absolute atomic E-state index is 10.9. The van der Waals surface area contributed by atoms with Crippen molar-refractivity contribution in [3.63, 3.8) is 0 Å². The number of aromatic nitrogens is 1. The molecular formula is C14H15NO3. The molecule has 1 aromatic carbocycles. The molecule has 0 atom stereocenters. The first-order valence-corrected chi connectivity index (χ1v) is 5.61. The van der Waals surface area contributed by atoms with E-state index in [0.29, 0.717) is 5.75 Å². The van der Waals surface area contributed by atoms with Gasteiger partial charge in [0.2, 0.25) is 0 Å². The molecule has 0 saturated carbocycles. The van der Waals surface area contributed by atoms with E-state index in [2.05, 4.69) is 0 Å². The van der Waals surface area contributed by atoms with Crippen LogP contribution in [0.25, 0.3) is 5.69 Å². The largest absolute Gasteiger partial charge is 0.495 e. The lowest BCUT2D eigenvalue weighted by Gasteiger charge is -2.14. The number of carbonyl (C=O) groups is 1. The number of nitrogens with zero attached hydrogens (tertiary/aromatic N) is 1. The highest BCUT2D eigenvalue weighted by molar-refractivity contribution is 5.88. The lowest BCUT2D eigenvalue weighted by atomic mass is 10.2. The van der Waals surface area contributed by atoms with Gasteiger partial charge in [-0.3, -0.25) is 0 Å². The molecular weight excluding hydrogens is 230 g/mol. The Kier molecular flexibility index (Phi) is 3.10. The van der Waals surface area contributed by atoms with Crippen LogP contribution in [0.5, 0.6) is 5.75 Å². The van der Waals surface area contributed by atoms with Gasteiger partial charge >= 0.3 is 5.97 Å². The first-order chi connectivity index (χ1) is 8.54. The van der Waals surface area contributed by atoms with Crippen LogP contribution in [0, 0.1) is 13.8 Å². The first-order valence-electron chi connectivity index (χ1n) is 5.61. The molecule has 94 valence electrons. The number of aromatic carboxylic acids is 1. The van der Waals surface area contributed by atoms with E-state index in [4.69, 9.17) is 9.84 Å². The minimum absolute atomic E-state index is 0.220. The van der Waals surface area contributed by atoms with Crippen molar-refractivity contribution in [3.05, 3.63) is 47.3 Å². The molecule has 0 aliphatic carbocycles. The van der Waals surface area contributed by atoms with E-state index in [1.165, 1.54) is 6.07 Å². The predicted octanol–water partition coefficient (Wildman–Crippen LogP) is 2.80.